The highest BCUT2D eigenvalue weighted by molar-refractivity contribution is 5.81. The third-order valence-corrected chi connectivity index (χ3v) is 2.81. The Bertz CT molecular complexity index is 500. The number of nitrogens with zero attached hydrogens (tertiary/aromatic N) is 1. The van der Waals surface area contributed by atoms with E-state index in [0.29, 0.717) is 17.4 Å². The molecule has 1 aromatic carbocycles. The van der Waals surface area contributed by atoms with Crippen LogP contribution in [0, 0.1) is 10.1 Å². The van der Waals surface area contributed by atoms with Gasteiger partial charge < -0.3 is 16.0 Å². The van der Waals surface area contributed by atoms with Crippen molar-refractivity contribution in [3.8, 4) is 0 Å². The lowest BCUT2D eigenvalue weighted by molar-refractivity contribution is -0.384. The largest absolute Gasteiger partial charge is 0.388 e. The number of rotatable bonds is 6. The number of anilines is 2. The van der Waals surface area contributed by atoms with Crippen molar-refractivity contribution >= 4 is 23.0 Å². The molecule has 0 aliphatic heterocycles. The Morgan fingerprint density at radius 2 is 2.05 bits per heavy atom. The number of carbonyl (C=O) groups excluding carboxylic acids is 1. The number of amides is 1. The zero-order valence-corrected chi connectivity index (χ0v) is 10.6. The first-order chi connectivity index (χ1) is 9.08. The van der Waals surface area contributed by atoms with Gasteiger partial charge in [0, 0.05) is 36.6 Å². The SMILES string of the molecule is CNc1cc(NCC(=O)NC2CC2)cc([N+](=O)[O-])c1. The van der Waals surface area contributed by atoms with Crippen LogP contribution in [0.1, 0.15) is 12.8 Å². The molecule has 1 aliphatic carbocycles. The molecular weight excluding hydrogens is 248 g/mol. The molecule has 0 radical (unpaired) electrons. The smallest absolute Gasteiger partial charge is 0.273 e. The third kappa shape index (κ3) is 3.84. The first kappa shape index (κ1) is 13.1. The molecular formula is C12H16N4O3. The summed E-state index contributed by atoms with van der Waals surface area (Å²) in [5.41, 5.74) is 1.15. The summed E-state index contributed by atoms with van der Waals surface area (Å²) in [7, 11) is 1.68. The number of nitro benzene ring substituents is 1. The predicted molar refractivity (Wildman–Crippen MR) is 72.3 cm³/mol. The Labute approximate surface area is 110 Å². The minimum absolute atomic E-state index is 0.0167. The molecule has 0 bridgehead atoms. The number of hydrogen-bond donors (Lipinski definition) is 3. The average molecular weight is 264 g/mol. The molecule has 102 valence electrons. The molecule has 1 amide bonds. The molecule has 0 atom stereocenters. The topological polar surface area (TPSA) is 96.3 Å². The van der Waals surface area contributed by atoms with E-state index in [9.17, 15) is 14.9 Å². The van der Waals surface area contributed by atoms with Gasteiger partial charge in [-0.2, -0.15) is 0 Å². The Balaban J connectivity index is 1.99. The van der Waals surface area contributed by atoms with Gasteiger partial charge in [0.2, 0.25) is 5.91 Å². The van der Waals surface area contributed by atoms with E-state index in [1.807, 2.05) is 0 Å². The van der Waals surface area contributed by atoms with E-state index in [1.165, 1.54) is 12.1 Å². The predicted octanol–water partition coefficient (Wildman–Crippen LogP) is 1.33. The van der Waals surface area contributed by atoms with E-state index >= 15 is 0 Å². The standard InChI is InChI=1S/C12H16N4O3/c1-13-9-4-10(6-11(5-9)16(18)19)14-7-12(17)15-8-2-3-8/h4-6,8,13-14H,2-3,7H2,1H3,(H,15,17). The average Bonchev–Trinajstić information content (AvgIpc) is 3.19. The molecule has 0 unspecified atom stereocenters. The van der Waals surface area contributed by atoms with Gasteiger partial charge in [-0.25, -0.2) is 0 Å². The first-order valence-electron chi connectivity index (χ1n) is 6.09. The first-order valence-corrected chi connectivity index (χ1v) is 6.09. The van der Waals surface area contributed by atoms with Gasteiger partial charge in [-0.05, 0) is 18.9 Å². The van der Waals surface area contributed by atoms with Crippen molar-refractivity contribution < 1.29 is 9.72 Å². The number of carbonyl (C=O) groups is 1. The van der Waals surface area contributed by atoms with Gasteiger partial charge in [-0.3, -0.25) is 14.9 Å². The lowest BCUT2D eigenvalue weighted by atomic mass is 10.2. The zero-order chi connectivity index (χ0) is 13.8. The minimum Gasteiger partial charge on any atom is -0.388 e. The molecule has 7 nitrogen and oxygen atoms in total. The number of nitrogens with one attached hydrogen (secondary N) is 3. The van der Waals surface area contributed by atoms with Crippen molar-refractivity contribution in [1.82, 2.24) is 5.32 Å². The minimum atomic E-state index is -0.462. The van der Waals surface area contributed by atoms with Gasteiger partial charge in [0.25, 0.3) is 5.69 Å². The Morgan fingerprint density at radius 1 is 1.37 bits per heavy atom. The summed E-state index contributed by atoms with van der Waals surface area (Å²) < 4.78 is 0. The summed E-state index contributed by atoms with van der Waals surface area (Å²) in [6.45, 7) is 0.112. The second-order valence-corrected chi connectivity index (χ2v) is 4.47. The van der Waals surface area contributed by atoms with Crippen LogP contribution in [0.2, 0.25) is 0 Å². The van der Waals surface area contributed by atoms with E-state index in [1.54, 1.807) is 13.1 Å². The van der Waals surface area contributed by atoms with Crippen LogP contribution < -0.4 is 16.0 Å². The zero-order valence-electron chi connectivity index (χ0n) is 10.6. The molecule has 7 heteroatoms. The summed E-state index contributed by atoms with van der Waals surface area (Å²) in [4.78, 5) is 21.8. The molecule has 1 fully saturated rings. The van der Waals surface area contributed by atoms with Crippen molar-refractivity contribution in [3.63, 3.8) is 0 Å². The molecule has 1 aromatic rings. The van der Waals surface area contributed by atoms with Gasteiger partial charge in [-0.1, -0.05) is 0 Å². The van der Waals surface area contributed by atoms with Gasteiger partial charge in [-0.15, -0.1) is 0 Å². The van der Waals surface area contributed by atoms with Gasteiger partial charge in [0.1, 0.15) is 0 Å². The summed E-state index contributed by atoms with van der Waals surface area (Å²) in [5.74, 6) is -0.0972. The van der Waals surface area contributed by atoms with E-state index in [2.05, 4.69) is 16.0 Å². The van der Waals surface area contributed by atoms with Crippen molar-refractivity contribution in [1.29, 1.82) is 0 Å². The summed E-state index contributed by atoms with van der Waals surface area (Å²) in [6, 6.07) is 4.88. The highest BCUT2D eigenvalue weighted by Gasteiger charge is 2.22. The van der Waals surface area contributed by atoms with E-state index in [4.69, 9.17) is 0 Å². The third-order valence-electron chi connectivity index (χ3n) is 2.81. The molecule has 0 saturated heterocycles. The fraction of sp³-hybridized carbons (Fsp3) is 0.417. The van der Waals surface area contributed by atoms with Crippen molar-refractivity contribution in [2.75, 3.05) is 24.2 Å². The van der Waals surface area contributed by atoms with Crippen LogP contribution in [0.3, 0.4) is 0 Å². The lowest BCUT2D eigenvalue weighted by Crippen LogP contribution is -2.31. The normalized spacial score (nSPS) is 13.7. The summed E-state index contributed by atoms with van der Waals surface area (Å²) in [5, 5.41) is 19.4. The monoisotopic (exact) mass is 264 g/mol. The summed E-state index contributed by atoms with van der Waals surface area (Å²) in [6.07, 6.45) is 2.07. The molecule has 0 spiro atoms. The maximum atomic E-state index is 11.5. The Hall–Kier alpha value is -2.31. The number of non-ortho nitro benzene ring substituents is 1. The molecule has 1 aliphatic rings. The van der Waals surface area contributed by atoms with Crippen LogP contribution in [0.15, 0.2) is 18.2 Å². The Morgan fingerprint density at radius 3 is 2.63 bits per heavy atom. The number of nitro groups is 1. The van der Waals surface area contributed by atoms with Gasteiger partial charge in [0.15, 0.2) is 0 Å². The van der Waals surface area contributed by atoms with Crippen molar-refractivity contribution in [3.05, 3.63) is 28.3 Å². The highest BCUT2D eigenvalue weighted by atomic mass is 16.6. The number of benzene rings is 1. The molecule has 2 rings (SSSR count). The lowest BCUT2D eigenvalue weighted by Gasteiger charge is -2.09. The van der Waals surface area contributed by atoms with Crippen LogP contribution in [-0.4, -0.2) is 30.5 Å². The maximum absolute atomic E-state index is 11.5. The quantitative estimate of drug-likeness (QED) is 0.532. The van der Waals surface area contributed by atoms with Gasteiger partial charge >= 0.3 is 0 Å². The van der Waals surface area contributed by atoms with Gasteiger partial charge in [0.05, 0.1) is 11.5 Å². The number of hydrogen-bond acceptors (Lipinski definition) is 5. The van der Waals surface area contributed by atoms with Crippen LogP contribution in [0.25, 0.3) is 0 Å². The molecule has 1 saturated carbocycles. The second kappa shape index (κ2) is 5.55. The van der Waals surface area contributed by atoms with E-state index in [-0.39, 0.29) is 18.1 Å². The Kier molecular flexibility index (Phi) is 3.84. The van der Waals surface area contributed by atoms with Crippen LogP contribution >= 0.6 is 0 Å². The highest BCUT2D eigenvalue weighted by Crippen LogP contribution is 2.24. The van der Waals surface area contributed by atoms with Crippen LogP contribution in [-0.2, 0) is 4.79 Å². The fourth-order valence-corrected chi connectivity index (χ4v) is 1.65. The molecule has 19 heavy (non-hydrogen) atoms. The fourth-order valence-electron chi connectivity index (χ4n) is 1.65. The maximum Gasteiger partial charge on any atom is 0.273 e. The molecule has 0 heterocycles. The van der Waals surface area contributed by atoms with E-state index in [0.717, 1.165) is 12.8 Å². The van der Waals surface area contributed by atoms with E-state index < -0.39 is 4.92 Å². The van der Waals surface area contributed by atoms with Crippen molar-refractivity contribution in [2.45, 2.75) is 18.9 Å². The molecule has 0 aromatic heterocycles. The second-order valence-electron chi connectivity index (χ2n) is 4.47. The van der Waals surface area contributed by atoms with Crippen LogP contribution in [0.4, 0.5) is 17.1 Å². The van der Waals surface area contributed by atoms with Crippen LogP contribution in [0.5, 0.6) is 0 Å². The summed E-state index contributed by atoms with van der Waals surface area (Å²) >= 11 is 0. The molecule has 3 N–H and O–H groups in total. The van der Waals surface area contributed by atoms with Crippen molar-refractivity contribution in [2.24, 2.45) is 0 Å².